The third-order valence-electron chi connectivity index (χ3n) is 5.27. The average molecular weight is 376 g/mol. The fourth-order valence-electron chi connectivity index (χ4n) is 3.54. The molecule has 8 nitrogen and oxygen atoms in total. The summed E-state index contributed by atoms with van der Waals surface area (Å²) in [5.74, 6) is 1.27. The molecule has 0 aliphatic carbocycles. The third kappa shape index (κ3) is 4.10. The van der Waals surface area contributed by atoms with E-state index < -0.39 is 0 Å². The van der Waals surface area contributed by atoms with Gasteiger partial charge in [0.1, 0.15) is 18.0 Å². The Bertz CT molecular complexity index is 688. The van der Waals surface area contributed by atoms with E-state index in [2.05, 4.69) is 11.8 Å². The smallest absolute Gasteiger partial charge is 0.325 e. The van der Waals surface area contributed by atoms with Crippen molar-refractivity contribution < 1.29 is 19.1 Å². The molecule has 0 aromatic heterocycles. The predicted octanol–water partition coefficient (Wildman–Crippen LogP) is 1.11. The van der Waals surface area contributed by atoms with Gasteiger partial charge < -0.3 is 24.2 Å². The number of hydrogen-bond acceptors (Lipinski definition) is 5. The minimum absolute atomic E-state index is 0.0126. The van der Waals surface area contributed by atoms with Crippen LogP contribution in [0.4, 0.5) is 10.5 Å². The molecule has 27 heavy (non-hydrogen) atoms. The van der Waals surface area contributed by atoms with Gasteiger partial charge in [-0.05, 0) is 18.7 Å². The van der Waals surface area contributed by atoms with Crippen molar-refractivity contribution in [1.82, 2.24) is 14.7 Å². The summed E-state index contributed by atoms with van der Waals surface area (Å²) in [6.45, 7) is 7.51. The third-order valence-corrected chi connectivity index (χ3v) is 5.27. The molecule has 2 aliphatic heterocycles. The van der Waals surface area contributed by atoms with Gasteiger partial charge in [0.2, 0.25) is 5.91 Å². The number of nitrogens with zero attached hydrogens (tertiary/aromatic N) is 4. The molecule has 0 radical (unpaired) electrons. The van der Waals surface area contributed by atoms with E-state index in [-0.39, 0.29) is 18.5 Å². The number of benzene rings is 1. The number of anilines is 1. The maximum Gasteiger partial charge on any atom is 0.325 e. The van der Waals surface area contributed by atoms with E-state index >= 15 is 0 Å². The van der Waals surface area contributed by atoms with E-state index in [1.165, 1.54) is 0 Å². The SMILES string of the molecule is CCN1CCN(C(=O)CN2CCN(c3cc(OC)ccc3OC)C2=O)CC1. The van der Waals surface area contributed by atoms with E-state index in [4.69, 9.17) is 9.47 Å². The van der Waals surface area contributed by atoms with E-state index in [9.17, 15) is 9.59 Å². The van der Waals surface area contributed by atoms with Gasteiger partial charge in [0, 0.05) is 45.3 Å². The number of hydrogen-bond donors (Lipinski definition) is 0. The summed E-state index contributed by atoms with van der Waals surface area (Å²) in [4.78, 5) is 32.9. The number of carbonyl (C=O) groups excluding carboxylic acids is 2. The number of urea groups is 1. The molecule has 2 saturated heterocycles. The van der Waals surface area contributed by atoms with E-state index in [0.29, 0.717) is 30.3 Å². The standard InChI is InChI=1S/C19H28N4O4/c1-4-20-7-9-21(10-8-20)18(24)14-22-11-12-23(19(22)25)16-13-15(26-2)5-6-17(16)27-3/h5-6,13H,4,7-12,14H2,1-3H3. The quantitative estimate of drug-likeness (QED) is 0.744. The molecular formula is C19H28N4O4. The number of amides is 3. The second-order valence-electron chi connectivity index (χ2n) is 6.71. The fourth-order valence-corrected chi connectivity index (χ4v) is 3.54. The normalized spacial score (nSPS) is 18.2. The number of ether oxygens (including phenoxy) is 2. The Morgan fingerprint density at radius 3 is 2.41 bits per heavy atom. The van der Waals surface area contributed by atoms with Crippen LogP contribution in [-0.2, 0) is 4.79 Å². The zero-order chi connectivity index (χ0) is 19.4. The lowest BCUT2D eigenvalue weighted by atomic mass is 10.2. The summed E-state index contributed by atoms with van der Waals surface area (Å²) in [7, 11) is 3.16. The Morgan fingerprint density at radius 1 is 1.04 bits per heavy atom. The predicted molar refractivity (Wildman–Crippen MR) is 103 cm³/mol. The van der Waals surface area contributed by atoms with Gasteiger partial charge in [0.05, 0.1) is 19.9 Å². The molecule has 2 fully saturated rings. The Kier molecular flexibility index (Phi) is 6.05. The molecule has 148 valence electrons. The topological polar surface area (TPSA) is 65.6 Å². The largest absolute Gasteiger partial charge is 0.497 e. The van der Waals surface area contributed by atoms with Crippen LogP contribution in [0, 0.1) is 0 Å². The minimum atomic E-state index is -0.179. The lowest BCUT2D eigenvalue weighted by Gasteiger charge is -2.34. The van der Waals surface area contributed by atoms with Crippen LogP contribution in [0.1, 0.15) is 6.92 Å². The van der Waals surface area contributed by atoms with Crippen molar-refractivity contribution in [3.63, 3.8) is 0 Å². The van der Waals surface area contributed by atoms with Crippen molar-refractivity contribution in [3.8, 4) is 11.5 Å². The molecular weight excluding hydrogens is 348 g/mol. The van der Waals surface area contributed by atoms with E-state index in [0.717, 1.165) is 32.7 Å². The molecule has 3 amide bonds. The zero-order valence-electron chi connectivity index (χ0n) is 16.3. The van der Waals surface area contributed by atoms with Crippen molar-refractivity contribution in [1.29, 1.82) is 0 Å². The first-order valence-electron chi connectivity index (χ1n) is 9.36. The Balaban J connectivity index is 1.64. The molecule has 0 atom stereocenters. The van der Waals surface area contributed by atoms with E-state index in [1.807, 2.05) is 4.90 Å². The Labute approximate surface area is 160 Å². The minimum Gasteiger partial charge on any atom is -0.497 e. The van der Waals surface area contributed by atoms with Gasteiger partial charge in [-0.3, -0.25) is 9.69 Å². The molecule has 2 heterocycles. The maximum atomic E-state index is 12.9. The molecule has 1 aromatic rings. The Morgan fingerprint density at radius 2 is 1.78 bits per heavy atom. The molecule has 0 N–H and O–H groups in total. The summed E-state index contributed by atoms with van der Waals surface area (Å²) in [6.07, 6.45) is 0. The van der Waals surface area contributed by atoms with Gasteiger partial charge in [0.25, 0.3) is 0 Å². The van der Waals surface area contributed by atoms with Crippen molar-refractivity contribution >= 4 is 17.6 Å². The molecule has 0 saturated carbocycles. The van der Waals surface area contributed by atoms with Gasteiger partial charge in [0.15, 0.2) is 0 Å². The van der Waals surface area contributed by atoms with Gasteiger partial charge in [-0.15, -0.1) is 0 Å². The number of rotatable bonds is 6. The van der Waals surface area contributed by atoms with Crippen LogP contribution >= 0.6 is 0 Å². The van der Waals surface area contributed by atoms with Gasteiger partial charge in [-0.1, -0.05) is 6.92 Å². The van der Waals surface area contributed by atoms with E-state index in [1.54, 1.807) is 42.2 Å². The summed E-state index contributed by atoms with van der Waals surface area (Å²) in [5, 5.41) is 0. The first kappa shape index (κ1) is 19.3. The molecule has 0 spiro atoms. The van der Waals surface area contributed by atoms with Gasteiger partial charge in [-0.25, -0.2) is 4.79 Å². The molecule has 0 unspecified atom stereocenters. The summed E-state index contributed by atoms with van der Waals surface area (Å²) in [6, 6.07) is 5.18. The van der Waals surface area contributed by atoms with Crippen LogP contribution in [0.15, 0.2) is 18.2 Å². The van der Waals surface area contributed by atoms with Crippen molar-refractivity contribution in [2.45, 2.75) is 6.92 Å². The zero-order valence-corrected chi connectivity index (χ0v) is 16.3. The highest BCUT2D eigenvalue weighted by Gasteiger charge is 2.34. The number of carbonyl (C=O) groups is 2. The van der Waals surface area contributed by atoms with Crippen LogP contribution in [0.2, 0.25) is 0 Å². The molecule has 3 rings (SSSR count). The Hall–Kier alpha value is -2.48. The van der Waals surface area contributed by atoms with Crippen LogP contribution < -0.4 is 14.4 Å². The first-order chi connectivity index (χ1) is 13.1. The molecule has 2 aliphatic rings. The van der Waals surface area contributed by atoms with Crippen molar-refractivity contribution in [2.24, 2.45) is 0 Å². The second kappa shape index (κ2) is 8.47. The number of piperazine rings is 1. The molecule has 1 aromatic carbocycles. The highest BCUT2D eigenvalue weighted by molar-refractivity contribution is 5.98. The first-order valence-corrected chi connectivity index (χ1v) is 9.36. The second-order valence-corrected chi connectivity index (χ2v) is 6.71. The maximum absolute atomic E-state index is 12.9. The van der Waals surface area contributed by atoms with Crippen LogP contribution in [0.3, 0.4) is 0 Å². The average Bonchev–Trinajstić information content (AvgIpc) is 3.07. The number of methoxy groups -OCH3 is 2. The van der Waals surface area contributed by atoms with Crippen LogP contribution in [-0.4, -0.2) is 93.2 Å². The lowest BCUT2D eigenvalue weighted by Crippen LogP contribution is -2.51. The summed E-state index contributed by atoms with van der Waals surface area (Å²) in [5.41, 5.74) is 0.661. The lowest BCUT2D eigenvalue weighted by molar-refractivity contribution is -0.133. The molecule has 8 heteroatoms. The monoisotopic (exact) mass is 376 g/mol. The van der Waals surface area contributed by atoms with Crippen molar-refractivity contribution in [2.75, 3.05) is 71.5 Å². The highest BCUT2D eigenvalue weighted by atomic mass is 16.5. The van der Waals surface area contributed by atoms with Crippen LogP contribution in [0.25, 0.3) is 0 Å². The van der Waals surface area contributed by atoms with Gasteiger partial charge in [-0.2, -0.15) is 0 Å². The molecule has 0 bridgehead atoms. The summed E-state index contributed by atoms with van der Waals surface area (Å²) >= 11 is 0. The fraction of sp³-hybridized carbons (Fsp3) is 0.579. The van der Waals surface area contributed by atoms with Crippen molar-refractivity contribution in [3.05, 3.63) is 18.2 Å². The highest BCUT2D eigenvalue weighted by Crippen LogP contribution is 2.34. The van der Waals surface area contributed by atoms with Crippen LogP contribution in [0.5, 0.6) is 11.5 Å². The van der Waals surface area contributed by atoms with Gasteiger partial charge >= 0.3 is 6.03 Å². The summed E-state index contributed by atoms with van der Waals surface area (Å²) < 4.78 is 10.7. The number of likely N-dealkylation sites (N-methyl/N-ethyl adjacent to an activating group) is 1.